The number of carbonyl (C=O) groups excluding carboxylic acids is 1. The zero-order chi connectivity index (χ0) is 18.7. The highest BCUT2D eigenvalue weighted by Gasteiger charge is 2.14. The van der Waals surface area contributed by atoms with Crippen LogP contribution < -0.4 is 5.32 Å². The SMILES string of the molecule is CCCc1nn(CC(=O)Nc2cccc(C)c2C)c(=S)n1-n1cccc1. The number of amides is 1. The van der Waals surface area contributed by atoms with E-state index in [9.17, 15) is 4.79 Å². The van der Waals surface area contributed by atoms with E-state index >= 15 is 0 Å². The molecule has 0 aliphatic rings. The molecule has 1 aromatic carbocycles. The van der Waals surface area contributed by atoms with Crippen LogP contribution in [0.3, 0.4) is 0 Å². The highest BCUT2D eigenvalue weighted by Crippen LogP contribution is 2.18. The van der Waals surface area contributed by atoms with Gasteiger partial charge < -0.3 is 5.32 Å². The number of hydrogen-bond acceptors (Lipinski definition) is 3. The maximum absolute atomic E-state index is 12.5. The summed E-state index contributed by atoms with van der Waals surface area (Å²) in [6.45, 7) is 6.19. The van der Waals surface area contributed by atoms with Gasteiger partial charge in [-0.05, 0) is 61.8 Å². The molecule has 7 heteroatoms. The Morgan fingerprint density at radius 1 is 1.19 bits per heavy atom. The van der Waals surface area contributed by atoms with E-state index in [1.165, 1.54) is 0 Å². The lowest BCUT2D eigenvalue weighted by atomic mass is 10.1. The van der Waals surface area contributed by atoms with E-state index in [-0.39, 0.29) is 12.5 Å². The van der Waals surface area contributed by atoms with Crippen molar-refractivity contribution in [3.8, 4) is 0 Å². The molecule has 0 bridgehead atoms. The van der Waals surface area contributed by atoms with Crippen molar-refractivity contribution >= 4 is 23.8 Å². The van der Waals surface area contributed by atoms with Crippen LogP contribution in [0.1, 0.15) is 30.3 Å². The maximum Gasteiger partial charge on any atom is 0.246 e. The summed E-state index contributed by atoms with van der Waals surface area (Å²) >= 11 is 5.57. The predicted molar refractivity (Wildman–Crippen MR) is 105 cm³/mol. The van der Waals surface area contributed by atoms with Crippen LogP contribution in [0.2, 0.25) is 0 Å². The smallest absolute Gasteiger partial charge is 0.246 e. The van der Waals surface area contributed by atoms with E-state index in [4.69, 9.17) is 12.2 Å². The van der Waals surface area contributed by atoms with Crippen molar-refractivity contribution in [2.75, 3.05) is 5.32 Å². The van der Waals surface area contributed by atoms with Gasteiger partial charge in [0.2, 0.25) is 10.7 Å². The zero-order valence-electron chi connectivity index (χ0n) is 15.3. The predicted octanol–water partition coefficient (Wildman–Crippen LogP) is 3.74. The van der Waals surface area contributed by atoms with Gasteiger partial charge in [-0.1, -0.05) is 19.1 Å². The first-order valence-corrected chi connectivity index (χ1v) is 9.10. The third kappa shape index (κ3) is 3.62. The fraction of sp³-hybridized carbons (Fsp3) is 0.316. The van der Waals surface area contributed by atoms with Crippen LogP contribution in [0.25, 0.3) is 0 Å². The monoisotopic (exact) mass is 369 g/mol. The van der Waals surface area contributed by atoms with Crippen LogP contribution in [0.15, 0.2) is 42.7 Å². The van der Waals surface area contributed by atoms with Gasteiger partial charge in [-0.2, -0.15) is 5.10 Å². The topological polar surface area (TPSA) is 56.8 Å². The van der Waals surface area contributed by atoms with Gasteiger partial charge in [0.1, 0.15) is 6.54 Å². The first kappa shape index (κ1) is 18.1. The van der Waals surface area contributed by atoms with Gasteiger partial charge in [0.25, 0.3) is 0 Å². The molecule has 1 amide bonds. The van der Waals surface area contributed by atoms with Crippen LogP contribution in [0, 0.1) is 18.6 Å². The van der Waals surface area contributed by atoms with E-state index in [0.717, 1.165) is 35.5 Å². The lowest BCUT2D eigenvalue weighted by molar-refractivity contribution is -0.116. The molecule has 0 spiro atoms. The summed E-state index contributed by atoms with van der Waals surface area (Å²) < 4.78 is 5.84. The molecule has 6 nitrogen and oxygen atoms in total. The molecule has 0 radical (unpaired) electrons. The number of nitrogens with zero attached hydrogens (tertiary/aromatic N) is 4. The molecule has 3 rings (SSSR count). The number of anilines is 1. The molecule has 0 aliphatic carbocycles. The third-order valence-corrected chi connectivity index (χ3v) is 4.73. The van der Waals surface area contributed by atoms with E-state index in [0.29, 0.717) is 4.77 Å². The number of aromatic nitrogens is 4. The van der Waals surface area contributed by atoms with Gasteiger partial charge in [-0.15, -0.1) is 0 Å². The fourth-order valence-corrected chi connectivity index (χ4v) is 3.13. The van der Waals surface area contributed by atoms with Crippen molar-refractivity contribution in [2.45, 2.75) is 40.2 Å². The Balaban J connectivity index is 1.86. The molecular formula is C19H23N5OS. The average Bonchev–Trinajstić information content (AvgIpc) is 3.21. The van der Waals surface area contributed by atoms with Gasteiger partial charge in [-0.3, -0.25) is 9.47 Å². The van der Waals surface area contributed by atoms with Crippen molar-refractivity contribution in [3.63, 3.8) is 0 Å². The number of carbonyl (C=O) groups is 1. The molecule has 0 atom stereocenters. The summed E-state index contributed by atoms with van der Waals surface area (Å²) in [6, 6.07) is 9.73. The highest BCUT2D eigenvalue weighted by atomic mass is 32.1. The van der Waals surface area contributed by atoms with Gasteiger partial charge in [0.05, 0.1) is 0 Å². The average molecular weight is 369 g/mol. The number of rotatable bonds is 6. The Bertz CT molecular complexity index is 968. The summed E-state index contributed by atoms with van der Waals surface area (Å²) in [6.07, 6.45) is 5.56. The van der Waals surface area contributed by atoms with E-state index in [1.807, 2.05) is 65.9 Å². The van der Waals surface area contributed by atoms with Crippen molar-refractivity contribution in [2.24, 2.45) is 0 Å². The third-order valence-electron chi connectivity index (χ3n) is 4.35. The molecule has 2 aromatic heterocycles. The minimum Gasteiger partial charge on any atom is -0.324 e. The van der Waals surface area contributed by atoms with E-state index < -0.39 is 0 Å². The fourth-order valence-electron chi connectivity index (χ4n) is 2.83. The van der Waals surface area contributed by atoms with Crippen molar-refractivity contribution in [1.82, 2.24) is 19.1 Å². The molecular weight excluding hydrogens is 346 g/mol. The Morgan fingerprint density at radius 2 is 1.92 bits per heavy atom. The summed E-state index contributed by atoms with van der Waals surface area (Å²) in [5.74, 6) is 0.697. The highest BCUT2D eigenvalue weighted by molar-refractivity contribution is 7.71. The van der Waals surface area contributed by atoms with Crippen molar-refractivity contribution < 1.29 is 4.79 Å². The van der Waals surface area contributed by atoms with Gasteiger partial charge in [-0.25, -0.2) is 9.36 Å². The molecule has 2 heterocycles. The largest absolute Gasteiger partial charge is 0.324 e. The van der Waals surface area contributed by atoms with E-state index in [1.54, 1.807) is 4.68 Å². The Labute approximate surface area is 158 Å². The van der Waals surface area contributed by atoms with Gasteiger partial charge >= 0.3 is 0 Å². The summed E-state index contributed by atoms with van der Waals surface area (Å²) in [7, 11) is 0. The van der Waals surface area contributed by atoms with Crippen molar-refractivity contribution in [1.29, 1.82) is 0 Å². The van der Waals surface area contributed by atoms with Crippen LogP contribution in [-0.2, 0) is 17.8 Å². The molecule has 136 valence electrons. The minimum absolute atomic E-state index is 0.0806. The molecule has 0 saturated heterocycles. The first-order valence-electron chi connectivity index (χ1n) is 8.69. The first-order chi connectivity index (χ1) is 12.5. The van der Waals surface area contributed by atoms with Crippen LogP contribution in [0.5, 0.6) is 0 Å². The Morgan fingerprint density at radius 3 is 2.62 bits per heavy atom. The van der Waals surface area contributed by atoms with Gasteiger partial charge in [0.15, 0.2) is 5.82 Å². The summed E-state index contributed by atoms with van der Waals surface area (Å²) in [4.78, 5) is 12.5. The van der Waals surface area contributed by atoms with E-state index in [2.05, 4.69) is 17.3 Å². The number of aryl methyl sites for hydroxylation is 2. The second-order valence-corrected chi connectivity index (χ2v) is 6.64. The van der Waals surface area contributed by atoms with Crippen LogP contribution in [-0.4, -0.2) is 25.0 Å². The molecule has 1 N–H and O–H groups in total. The number of benzene rings is 1. The lowest BCUT2D eigenvalue weighted by Crippen LogP contribution is -2.20. The normalized spacial score (nSPS) is 10.9. The Hall–Kier alpha value is -2.67. The minimum atomic E-state index is -0.144. The quantitative estimate of drug-likeness (QED) is 0.674. The summed E-state index contributed by atoms with van der Waals surface area (Å²) in [5, 5.41) is 7.53. The molecule has 3 aromatic rings. The molecule has 26 heavy (non-hydrogen) atoms. The van der Waals surface area contributed by atoms with Gasteiger partial charge in [0, 0.05) is 24.5 Å². The standard InChI is InChI=1S/C19H23N5OS/c1-4-8-17-21-23(19(26)24(17)22-11-5-6-12-22)13-18(25)20-16-10-7-9-14(2)15(16)3/h5-7,9-12H,4,8,13H2,1-3H3,(H,20,25). The molecule has 0 fully saturated rings. The Kier molecular flexibility index (Phi) is 5.37. The molecule has 0 aliphatic heterocycles. The summed E-state index contributed by atoms with van der Waals surface area (Å²) in [5.41, 5.74) is 3.02. The second kappa shape index (κ2) is 7.70. The van der Waals surface area contributed by atoms with Crippen LogP contribution in [0.4, 0.5) is 5.69 Å². The zero-order valence-corrected chi connectivity index (χ0v) is 16.1. The maximum atomic E-state index is 12.5. The molecule has 0 unspecified atom stereocenters. The lowest BCUT2D eigenvalue weighted by Gasteiger charge is -2.10. The second-order valence-electron chi connectivity index (χ2n) is 6.28. The van der Waals surface area contributed by atoms with Crippen molar-refractivity contribution in [3.05, 3.63) is 64.4 Å². The molecule has 0 saturated carbocycles. The number of nitrogens with one attached hydrogen (secondary N) is 1. The number of hydrogen-bond donors (Lipinski definition) is 1. The van der Waals surface area contributed by atoms with Crippen LogP contribution >= 0.6 is 12.2 Å².